The summed E-state index contributed by atoms with van der Waals surface area (Å²) in [7, 11) is 0. The first-order valence-corrected chi connectivity index (χ1v) is 7.74. The number of ketones is 1. The molecular formula is C11H11Br2NO2S. The van der Waals surface area contributed by atoms with Crippen LogP contribution in [0.3, 0.4) is 0 Å². The van der Waals surface area contributed by atoms with Gasteiger partial charge in [0.2, 0.25) is 0 Å². The van der Waals surface area contributed by atoms with Crippen LogP contribution in [0.25, 0.3) is 0 Å². The van der Waals surface area contributed by atoms with E-state index < -0.39 is 0 Å². The number of Topliss-reactive ketones (excluding diaryl/α,β-unsaturated/α-hetero) is 1. The van der Waals surface area contributed by atoms with E-state index in [1.165, 1.54) is 11.3 Å². The van der Waals surface area contributed by atoms with E-state index in [-0.39, 0.29) is 11.9 Å². The zero-order valence-corrected chi connectivity index (χ0v) is 13.0. The van der Waals surface area contributed by atoms with Crippen LogP contribution in [-0.2, 0) is 4.79 Å². The van der Waals surface area contributed by atoms with Crippen LogP contribution in [0.5, 0.6) is 0 Å². The van der Waals surface area contributed by atoms with Gasteiger partial charge >= 0.3 is 0 Å². The van der Waals surface area contributed by atoms with Gasteiger partial charge in [0, 0.05) is 18.9 Å². The molecule has 0 saturated heterocycles. The minimum atomic E-state index is -0.0711. The average Bonchev–Trinajstić information content (AvgIpc) is 2.61. The molecule has 0 radical (unpaired) electrons. The monoisotopic (exact) mass is 379 g/mol. The summed E-state index contributed by atoms with van der Waals surface area (Å²) in [6, 6.07) is 1.93. The van der Waals surface area contributed by atoms with Gasteiger partial charge in [0.15, 0.2) is 0 Å². The van der Waals surface area contributed by atoms with Gasteiger partial charge in [-0.25, -0.2) is 0 Å². The molecule has 1 aromatic heterocycles. The maximum absolute atomic E-state index is 12.0. The summed E-state index contributed by atoms with van der Waals surface area (Å²) in [6.07, 6.45) is 2.68. The second kappa shape index (κ2) is 5.63. The highest BCUT2D eigenvalue weighted by atomic mass is 79.9. The molecular weight excluding hydrogens is 370 g/mol. The van der Waals surface area contributed by atoms with E-state index in [1.54, 1.807) is 6.07 Å². The maximum Gasteiger partial charge on any atom is 0.253 e. The normalized spacial score (nSPS) is 17.2. The number of rotatable bonds is 2. The van der Waals surface area contributed by atoms with E-state index in [2.05, 4.69) is 37.2 Å². The van der Waals surface area contributed by atoms with Gasteiger partial charge in [-0.15, -0.1) is 11.3 Å². The fourth-order valence-corrected chi connectivity index (χ4v) is 4.64. The highest BCUT2D eigenvalue weighted by Crippen LogP contribution is 2.32. The van der Waals surface area contributed by atoms with Crippen LogP contribution in [0, 0.1) is 0 Å². The number of carbonyl (C=O) groups excluding carboxylic acids is 2. The fourth-order valence-electron chi connectivity index (χ4n) is 1.84. The molecule has 1 heterocycles. The summed E-state index contributed by atoms with van der Waals surface area (Å²) in [6.45, 7) is 0. The average molecular weight is 381 g/mol. The Labute approximate surface area is 120 Å². The lowest BCUT2D eigenvalue weighted by atomic mass is 9.94. The molecule has 0 bridgehead atoms. The molecule has 6 heteroatoms. The predicted molar refractivity (Wildman–Crippen MR) is 74.4 cm³/mol. The lowest BCUT2D eigenvalue weighted by Crippen LogP contribution is -2.37. The Hall–Kier alpha value is -0.200. The van der Waals surface area contributed by atoms with Crippen LogP contribution in [0.4, 0.5) is 0 Å². The Morgan fingerprint density at radius 1 is 1.35 bits per heavy atom. The first-order chi connectivity index (χ1) is 8.06. The molecule has 0 aliphatic heterocycles. The lowest BCUT2D eigenvalue weighted by molar-refractivity contribution is -0.120. The largest absolute Gasteiger partial charge is 0.349 e. The van der Waals surface area contributed by atoms with Crippen LogP contribution in [-0.4, -0.2) is 17.7 Å². The van der Waals surface area contributed by atoms with Crippen LogP contribution >= 0.6 is 43.2 Å². The summed E-state index contributed by atoms with van der Waals surface area (Å²) < 4.78 is 1.75. The van der Waals surface area contributed by atoms with Gasteiger partial charge in [-0.3, -0.25) is 9.59 Å². The molecule has 2 rings (SSSR count). The number of carbonyl (C=O) groups is 2. The van der Waals surface area contributed by atoms with Crippen molar-refractivity contribution in [3.8, 4) is 0 Å². The van der Waals surface area contributed by atoms with Gasteiger partial charge in [0.25, 0.3) is 5.91 Å². The van der Waals surface area contributed by atoms with Gasteiger partial charge < -0.3 is 5.32 Å². The zero-order chi connectivity index (χ0) is 12.4. The van der Waals surface area contributed by atoms with Crippen molar-refractivity contribution in [2.75, 3.05) is 0 Å². The molecule has 3 nitrogen and oxygen atoms in total. The first-order valence-electron chi connectivity index (χ1n) is 5.33. The maximum atomic E-state index is 12.0. The van der Waals surface area contributed by atoms with Crippen LogP contribution in [0.2, 0.25) is 0 Å². The molecule has 0 spiro atoms. The standard InChI is InChI=1S/C11H11Br2NO2S/c12-9-5-8(10(13)17-9)11(16)14-6-1-3-7(15)4-2-6/h5-6H,1-4H2,(H,14,16). The van der Waals surface area contributed by atoms with Crippen molar-refractivity contribution < 1.29 is 9.59 Å². The SMILES string of the molecule is O=C1CCC(NC(=O)c2cc(Br)sc2Br)CC1. The number of amides is 1. The van der Waals surface area contributed by atoms with Crippen molar-refractivity contribution in [2.45, 2.75) is 31.7 Å². The highest BCUT2D eigenvalue weighted by molar-refractivity contribution is 9.12. The van der Waals surface area contributed by atoms with Gasteiger partial charge in [-0.05, 0) is 50.8 Å². The molecule has 1 aliphatic carbocycles. The number of hydrogen-bond donors (Lipinski definition) is 1. The van der Waals surface area contributed by atoms with Crippen molar-refractivity contribution in [3.05, 3.63) is 19.2 Å². The molecule has 92 valence electrons. The van der Waals surface area contributed by atoms with Crippen LogP contribution in [0.15, 0.2) is 13.6 Å². The number of nitrogens with one attached hydrogen (secondary N) is 1. The molecule has 1 aliphatic rings. The van der Waals surface area contributed by atoms with Gasteiger partial charge in [0.1, 0.15) is 5.78 Å². The van der Waals surface area contributed by atoms with Crippen molar-refractivity contribution >= 4 is 54.9 Å². The van der Waals surface area contributed by atoms with Crippen molar-refractivity contribution in [1.29, 1.82) is 0 Å². The van der Waals surface area contributed by atoms with E-state index in [0.29, 0.717) is 24.2 Å². The molecule has 0 atom stereocenters. The lowest BCUT2D eigenvalue weighted by Gasteiger charge is -2.21. The first kappa shape index (κ1) is 13.2. The third-order valence-corrected chi connectivity index (χ3v) is 5.12. The van der Waals surface area contributed by atoms with Crippen LogP contribution in [0.1, 0.15) is 36.0 Å². The van der Waals surface area contributed by atoms with E-state index >= 15 is 0 Å². The molecule has 1 amide bonds. The van der Waals surface area contributed by atoms with E-state index in [4.69, 9.17) is 0 Å². The Balaban J connectivity index is 1.97. The van der Waals surface area contributed by atoms with Crippen molar-refractivity contribution in [2.24, 2.45) is 0 Å². The summed E-state index contributed by atoms with van der Waals surface area (Å²) >= 11 is 8.19. The quantitative estimate of drug-likeness (QED) is 0.853. The molecule has 1 saturated carbocycles. The minimum Gasteiger partial charge on any atom is -0.349 e. The summed E-state index contributed by atoms with van der Waals surface area (Å²) in [5, 5.41) is 2.97. The third-order valence-electron chi connectivity index (χ3n) is 2.78. The molecule has 17 heavy (non-hydrogen) atoms. The smallest absolute Gasteiger partial charge is 0.253 e. The summed E-state index contributed by atoms with van der Waals surface area (Å²) in [5.74, 6) is 0.230. The second-order valence-electron chi connectivity index (χ2n) is 4.02. The topological polar surface area (TPSA) is 46.2 Å². The summed E-state index contributed by atoms with van der Waals surface area (Å²) in [5.41, 5.74) is 0.652. The highest BCUT2D eigenvalue weighted by Gasteiger charge is 2.22. The molecule has 1 aromatic rings. The number of halogens is 2. The van der Waals surface area contributed by atoms with Gasteiger partial charge in [0.05, 0.1) is 13.1 Å². The molecule has 0 unspecified atom stereocenters. The molecule has 1 N–H and O–H groups in total. The van der Waals surface area contributed by atoms with Crippen molar-refractivity contribution in [3.63, 3.8) is 0 Å². The Kier molecular flexibility index (Phi) is 4.38. The van der Waals surface area contributed by atoms with Crippen LogP contribution < -0.4 is 5.32 Å². The number of thiophene rings is 1. The molecule has 0 aromatic carbocycles. The van der Waals surface area contributed by atoms with Gasteiger partial charge in [-0.1, -0.05) is 0 Å². The Morgan fingerprint density at radius 2 is 2.00 bits per heavy atom. The number of hydrogen-bond acceptors (Lipinski definition) is 3. The van der Waals surface area contributed by atoms with Crippen molar-refractivity contribution in [1.82, 2.24) is 5.32 Å². The summed E-state index contributed by atoms with van der Waals surface area (Å²) in [4.78, 5) is 23.1. The fraction of sp³-hybridized carbons (Fsp3) is 0.455. The van der Waals surface area contributed by atoms with E-state index in [9.17, 15) is 9.59 Å². The Morgan fingerprint density at radius 3 is 2.53 bits per heavy atom. The molecule has 1 fully saturated rings. The van der Waals surface area contributed by atoms with Gasteiger partial charge in [-0.2, -0.15) is 0 Å². The minimum absolute atomic E-state index is 0.0711. The zero-order valence-electron chi connectivity index (χ0n) is 8.96. The second-order valence-corrected chi connectivity index (χ2v) is 7.77. The van der Waals surface area contributed by atoms with E-state index in [1.807, 2.05) is 0 Å². The van der Waals surface area contributed by atoms with E-state index in [0.717, 1.165) is 20.4 Å². The Bertz CT molecular complexity index is 448. The third kappa shape index (κ3) is 3.39. The predicted octanol–water partition coefficient (Wildman–Crippen LogP) is 3.51.